The van der Waals surface area contributed by atoms with E-state index in [1.165, 1.54) is 27.1 Å². The number of benzene rings is 4. The minimum atomic E-state index is 1.01. The molecule has 1 nitrogen and oxygen atoms in total. The normalized spacial score (nSPS) is 11.4. The molecule has 2 heteroatoms. The minimum Gasteiger partial charge on any atom is -0.248 e. The van der Waals surface area contributed by atoms with Gasteiger partial charge in [0.1, 0.15) is 0 Å². The molecule has 0 spiro atoms. The van der Waals surface area contributed by atoms with Gasteiger partial charge < -0.3 is 0 Å². The number of hydrogen-bond acceptors (Lipinski definition) is 1. The molecule has 0 saturated carbocycles. The van der Waals surface area contributed by atoms with E-state index in [0.29, 0.717) is 0 Å². The molecular formula is C23H14BrN. The van der Waals surface area contributed by atoms with Crippen LogP contribution in [0.15, 0.2) is 89.4 Å². The quantitative estimate of drug-likeness (QED) is 0.284. The Hall–Kier alpha value is -2.71. The van der Waals surface area contributed by atoms with Gasteiger partial charge in [-0.3, -0.25) is 0 Å². The van der Waals surface area contributed by atoms with Gasteiger partial charge in [-0.15, -0.1) is 0 Å². The van der Waals surface area contributed by atoms with E-state index in [9.17, 15) is 0 Å². The molecule has 0 fully saturated rings. The van der Waals surface area contributed by atoms with Crippen LogP contribution in [-0.4, -0.2) is 4.98 Å². The Morgan fingerprint density at radius 2 is 1.12 bits per heavy atom. The van der Waals surface area contributed by atoms with Crippen molar-refractivity contribution in [1.82, 2.24) is 4.98 Å². The highest BCUT2D eigenvalue weighted by Gasteiger charge is 2.14. The molecule has 1 heterocycles. The third-order valence-electron chi connectivity index (χ3n) is 4.72. The predicted molar refractivity (Wildman–Crippen MR) is 110 cm³/mol. The number of halogens is 1. The first kappa shape index (κ1) is 14.6. The molecule has 0 bridgehead atoms. The first-order valence-corrected chi connectivity index (χ1v) is 9.07. The Balaban J connectivity index is 1.97. The van der Waals surface area contributed by atoms with E-state index >= 15 is 0 Å². The fourth-order valence-corrected chi connectivity index (χ4v) is 4.25. The van der Waals surface area contributed by atoms with Gasteiger partial charge in [-0.05, 0) is 49.6 Å². The van der Waals surface area contributed by atoms with Crippen molar-refractivity contribution in [3.8, 4) is 11.3 Å². The summed E-state index contributed by atoms with van der Waals surface area (Å²) in [5, 5.41) is 6.03. The zero-order valence-electron chi connectivity index (χ0n) is 13.4. The smallest absolute Gasteiger partial charge is 0.0722 e. The highest BCUT2D eigenvalue weighted by molar-refractivity contribution is 9.10. The number of rotatable bonds is 1. The molecule has 118 valence electrons. The van der Waals surface area contributed by atoms with Crippen molar-refractivity contribution in [3.05, 3.63) is 89.4 Å². The van der Waals surface area contributed by atoms with Gasteiger partial charge in [-0.25, -0.2) is 4.98 Å². The zero-order chi connectivity index (χ0) is 16.8. The van der Waals surface area contributed by atoms with Crippen LogP contribution in [0.4, 0.5) is 0 Å². The average molecular weight is 384 g/mol. The van der Waals surface area contributed by atoms with Gasteiger partial charge in [0, 0.05) is 15.4 Å². The van der Waals surface area contributed by atoms with Crippen molar-refractivity contribution < 1.29 is 0 Å². The summed E-state index contributed by atoms with van der Waals surface area (Å²) in [5.74, 6) is 0. The highest BCUT2D eigenvalue weighted by Crippen LogP contribution is 2.41. The van der Waals surface area contributed by atoms with Gasteiger partial charge in [0.15, 0.2) is 0 Å². The lowest BCUT2D eigenvalue weighted by molar-refractivity contribution is 1.42. The van der Waals surface area contributed by atoms with Gasteiger partial charge in [0.05, 0.1) is 11.2 Å². The van der Waals surface area contributed by atoms with E-state index in [4.69, 9.17) is 4.98 Å². The molecule has 0 saturated heterocycles. The fourth-order valence-electron chi connectivity index (χ4n) is 3.56. The lowest BCUT2D eigenvalue weighted by Gasteiger charge is -2.14. The summed E-state index contributed by atoms with van der Waals surface area (Å²) in [6.07, 6.45) is 0. The van der Waals surface area contributed by atoms with Gasteiger partial charge in [-0.1, -0.05) is 72.8 Å². The van der Waals surface area contributed by atoms with Crippen LogP contribution in [0, 0.1) is 0 Å². The molecule has 5 aromatic rings. The Labute approximate surface area is 154 Å². The average Bonchev–Trinajstić information content (AvgIpc) is 2.68. The van der Waals surface area contributed by atoms with Crippen molar-refractivity contribution in [1.29, 1.82) is 0 Å². The van der Waals surface area contributed by atoms with Crippen LogP contribution in [0.25, 0.3) is 43.7 Å². The monoisotopic (exact) mass is 383 g/mol. The molecule has 0 aliphatic heterocycles. The van der Waals surface area contributed by atoms with Crippen LogP contribution in [-0.2, 0) is 0 Å². The molecule has 0 unspecified atom stereocenters. The maximum atomic E-state index is 4.96. The largest absolute Gasteiger partial charge is 0.248 e. The van der Waals surface area contributed by atoms with Gasteiger partial charge in [0.25, 0.3) is 0 Å². The second kappa shape index (κ2) is 5.68. The molecule has 4 aromatic carbocycles. The predicted octanol–water partition coefficient (Wildman–Crippen LogP) is 6.97. The van der Waals surface area contributed by atoms with Crippen LogP contribution in [0.1, 0.15) is 0 Å². The fraction of sp³-hybridized carbons (Fsp3) is 0. The van der Waals surface area contributed by atoms with Crippen molar-refractivity contribution in [2.24, 2.45) is 0 Å². The number of fused-ring (bicyclic) bond motifs is 3. The Morgan fingerprint density at radius 1 is 0.560 bits per heavy atom. The summed E-state index contributed by atoms with van der Waals surface area (Å²) in [6, 6.07) is 29.6. The van der Waals surface area contributed by atoms with Crippen molar-refractivity contribution >= 4 is 48.4 Å². The topological polar surface area (TPSA) is 12.9 Å². The number of para-hydroxylation sites is 1. The van der Waals surface area contributed by atoms with Crippen molar-refractivity contribution in [2.45, 2.75) is 0 Å². The second-order valence-electron chi connectivity index (χ2n) is 6.17. The molecule has 0 radical (unpaired) electrons. The van der Waals surface area contributed by atoms with E-state index in [2.05, 4.69) is 88.7 Å². The highest BCUT2D eigenvalue weighted by atomic mass is 79.9. The van der Waals surface area contributed by atoms with Gasteiger partial charge in [-0.2, -0.15) is 0 Å². The number of hydrogen-bond donors (Lipinski definition) is 0. The Morgan fingerprint density at radius 3 is 1.80 bits per heavy atom. The number of nitrogens with zero attached hydrogens (tertiary/aromatic N) is 1. The second-order valence-corrected chi connectivity index (χ2v) is 6.96. The maximum Gasteiger partial charge on any atom is 0.0722 e. The standard InChI is InChI=1S/C23H14BrN/c24-23-18-10-4-2-8-16(18)22(17-9-3-5-11-19(17)23)21-14-13-15-7-1-6-12-20(15)25-21/h1-14H. The molecule has 0 amide bonds. The van der Waals surface area contributed by atoms with Crippen molar-refractivity contribution in [3.63, 3.8) is 0 Å². The molecule has 0 atom stereocenters. The molecule has 0 N–H and O–H groups in total. The third-order valence-corrected chi connectivity index (χ3v) is 5.57. The molecule has 25 heavy (non-hydrogen) atoms. The van der Waals surface area contributed by atoms with Crippen LogP contribution >= 0.6 is 15.9 Å². The SMILES string of the molecule is Brc1c2ccccc2c(-c2ccc3ccccc3n2)c2ccccc12. The summed E-state index contributed by atoms with van der Waals surface area (Å²) in [4.78, 5) is 4.96. The number of pyridine rings is 1. The lowest BCUT2D eigenvalue weighted by atomic mass is 9.94. The first-order chi connectivity index (χ1) is 12.3. The Kier molecular flexibility index (Phi) is 3.32. The molecular weight excluding hydrogens is 370 g/mol. The van der Waals surface area contributed by atoms with Crippen LogP contribution < -0.4 is 0 Å². The summed E-state index contributed by atoms with van der Waals surface area (Å²) in [7, 11) is 0. The Bertz CT molecular complexity index is 1200. The van der Waals surface area contributed by atoms with E-state index in [1.54, 1.807) is 0 Å². The van der Waals surface area contributed by atoms with Crippen LogP contribution in [0.2, 0.25) is 0 Å². The van der Waals surface area contributed by atoms with Gasteiger partial charge in [0.2, 0.25) is 0 Å². The third kappa shape index (κ3) is 2.25. The van der Waals surface area contributed by atoms with Gasteiger partial charge >= 0.3 is 0 Å². The van der Waals surface area contributed by atoms with Crippen molar-refractivity contribution in [2.75, 3.05) is 0 Å². The molecule has 0 aliphatic rings. The zero-order valence-corrected chi connectivity index (χ0v) is 15.0. The van der Waals surface area contributed by atoms with E-state index in [1.807, 2.05) is 12.1 Å². The van der Waals surface area contributed by atoms with Crippen LogP contribution in [0.5, 0.6) is 0 Å². The summed E-state index contributed by atoms with van der Waals surface area (Å²) < 4.78 is 1.14. The first-order valence-electron chi connectivity index (χ1n) is 8.28. The lowest BCUT2D eigenvalue weighted by Crippen LogP contribution is -1.90. The van der Waals surface area contributed by atoms with E-state index < -0.39 is 0 Å². The molecule has 1 aromatic heterocycles. The summed E-state index contributed by atoms with van der Waals surface area (Å²) >= 11 is 3.81. The number of aromatic nitrogens is 1. The molecule has 5 rings (SSSR count). The van der Waals surface area contributed by atoms with E-state index in [0.717, 1.165) is 21.1 Å². The summed E-state index contributed by atoms with van der Waals surface area (Å²) in [6.45, 7) is 0. The summed E-state index contributed by atoms with van der Waals surface area (Å²) in [5.41, 5.74) is 3.23. The van der Waals surface area contributed by atoms with E-state index in [-0.39, 0.29) is 0 Å². The maximum absolute atomic E-state index is 4.96. The minimum absolute atomic E-state index is 1.01. The molecule has 0 aliphatic carbocycles. The van der Waals surface area contributed by atoms with Crippen LogP contribution in [0.3, 0.4) is 0 Å².